The van der Waals surface area contributed by atoms with Crippen LogP contribution in [0.2, 0.25) is 0 Å². The fourth-order valence-corrected chi connectivity index (χ4v) is 8.88. The molecule has 4 nitrogen and oxygen atoms in total. The van der Waals surface area contributed by atoms with Gasteiger partial charge in [0, 0.05) is 5.57 Å². The first-order valence-corrected chi connectivity index (χ1v) is 13.8. The van der Waals surface area contributed by atoms with Crippen molar-refractivity contribution < 1.29 is 19.7 Å². The molecule has 0 radical (unpaired) electrons. The molecule has 7 atom stereocenters. The van der Waals surface area contributed by atoms with Crippen molar-refractivity contribution in [3.63, 3.8) is 0 Å². The van der Waals surface area contributed by atoms with Gasteiger partial charge in [0.25, 0.3) is 0 Å². The maximum Gasteiger partial charge on any atom is 0.333 e. The van der Waals surface area contributed by atoms with Crippen molar-refractivity contribution in [1.82, 2.24) is 0 Å². The van der Waals surface area contributed by atoms with Gasteiger partial charge in [0.05, 0.1) is 19.3 Å². The Kier molecular flexibility index (Phi) is 6.76. The summed E-state index contributed by atoms with van der Waals surface area (Å²) in [6.07, 6.45) is 11.6. The van der Waals surface area contributed by atoms with Gasteiger partial charge >= 0.3 is 5.97 Å². The first kappa shape index (κ1) is 26.7. The maximum atomic E-state index is 11.8. The highest BCUT2D eigenvalue weighted by Gasteiger charge is 2.60. The number of aliphatic hydroxyl groups excluding tert-OH is 2. The number of methoxy groups -OCH3 is 1. The Morgan fingerprint density at radius 1 is 1.17 bits per heavy atom. The quantitative estimate of drug-likeness (QED) is 0.344. The molecule has 0 aromatic heterocycles. The molecular weight excluding hydrogens is 436 g/mol. The predicted octanol–water partition coefficient (Wildman–Crippen LogP) is 6.52. The van der Waals surface area contributed by atoms with Crippen LogP contribution in [-0.4, -0.2) is 35.5 Å². The molecule has 1 unspecified atom stereocenters. The molecule has 0 amide bonds. The lowest BCUT2D eigenvalue weighted by Crippen LogP contribution is -2.53. The molecule has 0 aromatic rings. The Morgan fingerprint density at radius 2 is 1.86 bits per heavy atom. The van der Waals surface area contributed by atoms with Gasteiger partial charge in [0.15, 0.2) is 0 Å². The highest BCUT2D eigenvalue weighted by molar-refractivity contribution is 5.87. The van der Waals surface area contributed by atoms with E-state index < -0.39 is 6.10 Å². The van der Waals surface area contributed by atoms with Crippen LogP contribution in [0.5, 0.6) is 0 Å². The molecule has 2 N–H and O–H groups in total. The average molecular weight is 485 g/mol. The summed E-state index contributed by atoms with van der Waals surface area (Å²) in [5, 5.41) is 21.6. The summed E-state index contributed by atoms with van der Waals surface area (Å²) in [5.74, 6) is 0.457. The number of esters is 1. The molecule has 4 rings (SSSR count). The summed E-state index contributed by atoms with van der Waals surface area (Å²) >= 11 is 0. The topological polar surface area (TPSA) is 66.8 Å². The number of carbonyl (C=O) groups excluding carboxylic acids is 1. The maximum absolute atomic E-state index is 11.8. The van der Waals surface area contributed by atoms with Crippen molar-refractivity contribution in [2.24, 2.45) is 33.5 Å². The minimum absolute atomic E-state index is 0.0364. The fourth-order valence-electron chi connectivity index (χ4n) is 8.88. The van der Waals surface area contributed by atoms with Crippen molar-refractivity contribution in [3.05, 3.63) is 34.4 Å². The van der Waals surface area contributed by atoms with Crippen LogP contribution in [0, 0.1) is 33.5 Å². The van der Waals surface area contributed by atoms with Crippen molar-refractivity contribution >= 4 is 5.97 Å². The van der Waals surface area contributed by atoms with Gasteiger partial charge in [-0.05, 0) is 109 Å². The fraction of sp³-hybridized carbons (Fsp3) is 0.774. The molecule has 4 aliphatic rings. The van der Waals surface area contributed by atoms with E-state index >= 15 is 0 Å². The van der Waals surface area contributed by atoms with Crippen molar-refractivity contribution in [1.29, 1.82) is 0 Å². The first-order chi connectivity index (χ1) is 16.2. The zero-order valence-electron chi connectivity index (χ0n) is 23.3. The highest BCUT2D eigenvalue weighted by atomic mass is 16.5. The van der Waals surface area contributed by atoms with E-state index in [0.717, 1.165) is 44.9 Å². The molecule has 0 bridgehead atoms. The van der Waals surface area contributed by atoms with Gasteiger partial charge in [0.1, 0.15) is 0 Å². The van der Waals surface area contributed by atoms with E-state index in [2.05, 4.69) is 47.6 Å². The highest BCUT2D eigenvalue weighted by Crippen LogP contribution is 2.69. The average Bonchev–Trinajstić information content (AvgIpc) is 3.08. The zero-order valence-corrected chi connectivity index (χ0v) is 23.3. The molecular formula is C31H48O4. The second-order valence-corrected chi connectivity index (χ2v) is 13.5. The molecule has 0 saturated heterocycles. The van der Waals surface area contributed by atoms with Crippen LogP contribution in [0.1, 0.15) is 99.8 Å². The number of aliphatic hydroxyl groups is 2. The summed E-state index contributed by atoms with van der Waals surface area (Å²) in [7, 11) is 1.37. The third kappa shape index (κ3) is 3.89. The Labute approximate surface area is 212 Å². The largest absolute Gasteiger partial charge is 0.466 e. The van der Waals surface area contributed by atoms with Crippen LogP contribution in [0.15, 0.2) is 34.4 Å². The van der Waals surface area contributed by atoms with E-state index in [4.69, 9.17) is 4.74 Å². The van der Waals surface area contributed by atoms with Gasteiger partial charge < -0.3 is 14.9 Å². The summed E-state index contributed by atoms with van der Waals surface area (Å²) in [6, 6.07) is 0. The number of ether oxygens (including phenoxy) is 1. The normalized spacial score (nSPS) is 40.3. The van der Waals surface area contributed by atoms with E-state index in [0.29, 0.717) is 23.8 Å². The Bertz CT molecular complexity index is 970. The van der Waals surface area contributed by atoms with E-state index in [-0.39, 0.29) is 33.7 Å². The van der Waals surface area contributed by atoms with Crippen LogP contribution < -0.4 is 0 Å². The van der Waals surface area contributed by atoms with Gasteiger partial charge in [-0.3, -0.25) is 0 Å². The number of rotatable bonds is 5. The molecule has 0 aliphatic heterocycles. The van der Waals surface area contributed by atoms with Gasteiger partial charge in [-0.2, -0.15) is 0 Å². The molecule has 35 heavy (non-hydrogen) atoms. The molecule has 0 heterocycles. The SMILES string of the molecule is COC(=O)/C(C)=C/C(O)C[C@@H](C)[C@]1(C)CC=C2C3=C(CC[C@]21C)[C@@]1(C)CC[C@@H](O)C(C)(C)[C@@H]1CC3. The molecule has 1 fully saturated rings. The van der Waals surface area contributed by atoms with Crippen LogP contribution >= 0.6 is 0 Å². The van der Waals surface area contributed by atoms with E-state index in [1.165, 1.54) is 7.11 Å². The molecule has 0 aromatic carbocycles. The lowest BCUT2D eigenvalue weighted by Gasteiger charge is -2.60. The number of hydrogen-bond acceptors (Lipinski definition) is 4. The Hall–Kier alpha value is -1.39. The summed E-state index contributed by atoms with van der Waals surface area (Å²) < 4.78 is 4.79. The number of carbonyl (C=O) groups is 1. The van der Waals surface area contributed by atoms with E-state index in [1.807, 2.05) is 0 Å². The summed E-state index contributed by atoms with van der Waals surface area (Å²) in [6.45, 7) is 15.9. The lowest BCUT2D eigenvalue weighted by molar-refractivity contribution is -0.136. The van der Waals surface area contributed by atoms with E-state index in [1.54, 1.807) is 29.7 Å². The molecule has 0 spiro atoms. The minimum atomic E-state index is -0.655. The molecule has 196 valence electrons. The Balaban J connectivity index is 1.60. The zero-order chi connectivity index (χ0) is 26.0. The molecule has 1 saturated carbocycles. The van der Waals surface area contributed by atoms with Crippen LogP contribution in [-0.2, 0) is 9.53 Å². The van der Waals surface area contributed by atoms with Gasteiger partial charge in [-0.1, -0.05) is 53.2 Å². The van der Waals surface area contributed by atoms with Crippen LogP contribution in [0.25, 0.3) is 0 Å². The predicted molar refractivity (Wildman–Crippen MR) is 141 cm³/mol. The second kappa shape index (κ2) is 8.87. The number of fused-ring (bicyclic) bond motifs is 4. The molecule has 4 aliphatic carbocycles. The van der Waals surface area contributed by atoms with Crippen LogP contribution in [0.4, 0.5) is 0 Å². The second-order valence-electron chi connectivity index (χ2n) is 13.5. The standard InChI is InChI=1S/C31H48O4/c1-19(27(34)35-8)17-21(32)18-20(2)30(6)15-12-24-22-9-10-25-28(3,4)26(33)13-14-29(25,5)23(22)11-16-31(24,30)7/h12,17,20-21,25-26,32-33H,9-11,13-16,18H2,1-8H3/b19-17+/t20-,21?,25+,26-,29-,30+,31-/m1/s1. The van der Waals surface area contributed by atoms with Gasteiger partial charge in [-0.15, -0.1) is 0 Å². The number of hydrogen-bond donors (Lipinski definition) is 2. The first-order valence-electron chi connectivity index (χ1n) is 13.8. The third-order valence-corrected chi connectivity index (χ3v) is 11.6. The lowest BCUT2D eigenvalue weighted by atomic mass is 9.45. The van der Waals surface area contributed by atoms with Crippen molar-refractivity contribution in [2.75, 3.05) is 7.11 Å². The summed E-state index contributed by atoms with van der Waals surface area (Å²) in [5.41, 5.74) is 5.67. The van der Waals surface area contributed by atoms with E-state index in [9.17, 15) is 15.0 Å². The number of allylic oxidation sites excluding steroid dienone is 4. The summed E-state index contributed by atoms with van der Waals surface area (Å²) in [4.78, 5) is 11.8. The van der Waals surface area contributed by atoms with Gasteiger partial charge in [0.2, 0.25) is 0 Å². The van der Waals surface area contributed by atoms with Crippen LogP contribution in [0.3, 0.4) is 0 Å². The molecule has 4 heteroatoms. The monoisotopic (exact) mass is 484 g/mol. The Morgan fingerprint density at radius 3 is 2.51 bits per heavy atom. The minimum Gasteiger partial charge on any atom is -0.466 e. The van der Waals surface area contributed by atoms with Gasteiger partial charge in [-0.25, -0.2) is 4.79 Å². The smallest absolute Gasteiger partial charge is 0.333 e. The third-order valence-electron chi connectivity index (χ3n) is 11.6. The van der Waals surface area contributed by atoms with Crippen molar-refractivity contribution in [2.45, 2.75) is 112 Å². The van der Waals surface area contributed by atoms with Crippen molar-refractivity contribution in [3.8, 4) is 0 Å².